The van der Waals surface area contributed by atoms with E-state index in [1.54, 1.807) is 24.3 Å². The van der Waals surface area contributed by atoms with Crippen molar-refractivity contribution in [2.45, 2.75) is 0 Å². The van der Waals surface area contributed by atoms with E-state index in [1.165, 1.54) is 24.3 Å². The van der Waals surface area contributed by atoms with Gasteiger partial charge in [-0.2, -0.15) is 0 Å². The molecule has 2 aromatic carbocycles. The van der Waals surface area contributed by atoms with Gasteiger partial charge in [-0.1, -0.05) is 24.3 Å². The van der Waals surface area contributed by atoms with Crippen molar-refractivity contribution in [2.24, 2.45) is 0 Å². The number of hydrogen-bond acceptors (Lipinski definition) is 7. The van der Waals surface area contributed by atoms with E-state index in [9.17, 15) is 9.59 Å². The molecule has 0 bridgehead atoms. The van der Waals surface area contributed by atoms with Crippen molar-refractivity contribution in [3.05, 3.63) is 59.7 Å². The third-order valence-electron chi connectivity index (χ3n) is 2.27. The topological polar surface area (TPSA) is 176 Å². The molecule has 2 rings (SSSR count). The molecule has 11 heteroatoms. The van der Waals surface area contributed by atoms with Gasteiger partial charge in [-0.25, -0.2) is 9.59 Å². The molecule has 0 radical (unpaired) electrons. The van der Waals surface area contributed by atoms with Crippen molar-refractivity contribution in [1.82, 2.24) is 0 Å². The Hall–Kier alpha value is -2.48. The summed E-state index contributed by atoms with van der Waals surface area (Å²) in [5.41, 5.74) is -0.134. The second-order valence-corrected chi connectivity index (χ2v) is 3.99. The van der Waals surface area contributed by atoms with Gasteiger partial charge in [0.25, 0.3) is 0 Å². The molecule has 7 N–H and O–H groups in total. The summed E-state index contributed by atoms with van der Waals surface area (Å²) in [5, 5.41) is 56.1. The average Bonchev–Trinajstić information content (AvgIpc) is 2.47. The zero-order chi connectivity index (χ0) is 18.7. The van der Waals surface area contributed by atoms with Crippen molar-refractivity contribution >= 4 is 38.1 Å². The molecule has 0 aliphatic rings. The number of rotatable bonds is 2. The molecule has 0 atom stereocenters. The second kappa shape index (κ2) is 12.9. The fraction of sp³-hybridized carbons (Fsp3) is 0. The first kappa shape index (κ1) is 24.8. The Balaban J connectivity index is 0. The molecule has 130 valence electrons. The molecule has 0 aliphatic heterocycles. The third kappa shape index (κ3) is 10.8. The number of hydrogen-bond donors (Lipinski definition) is 7. The fourth-order valence-electron chi connectivity index (χ4n) is 1.31. The van der Waals surface area contributed by atoms with Gasteiger partial charge in [-0.15, -0.1) is 0 Å². The van der Waals surface area contributed by atoms with Crippen LogP contribution in [0.3, 0.4) is 0 Å². The standard InChI is InChI=1S/2C7H6O3.BH3O3.Li.H/c2*8-6-4-2-1-3-5(6)7(9)10;2-1(3)4;;/h2*1-4,8H,(H,9,10);2-4H;;. The molecule has 0 aliphatic carbocycles. The zero-order valence-corrected chi connectivity index (χ0v) is 12.1. The van der Waals surface area contributed by atoms with Crippen LogP contribution in [0.25, 0.3) is 0 Å². The predicted octanol–water partition coefficient (Wildman–Crippen LogP) is -0.520. The molecule has 0 saturated carbocycles. The van der Waals surface area contributed by atoms with Gasteiger partial charge in [0, 0.05) is 0 Å². The quantitative estimate of drug-likeness (QED) is 0.353. The minimum absolute atomic E-state index is 0. The van der Waals surface area contributed by atoms with E-state index < -0.39 is 19.3 Å². The molecule has 0 amide bonds. The Bertz CT molecular complexity index is 621. The van der Waals surface area contributed by atoms with E-state index >= 15 is 0 Å². The summed E-state index contributed by atoms with van der Waals surface area (Å²) in [6.07, 6.45) is 0. The number of carboxylic acids is 2. The summed E-state index contributed by atoms with van der Waals surface area (Å²) in [5.74, 6) is -2.62. The number of benzene rings is 2. The van der Waals surface area contributed by atoms with Crippen LogP contribution in [0.5, 0.6) is 11.5 Å². The van der Waals surface area contributed by atoms with E-state index in [-0.39, 0.29) is 41.5 Å². The van der Waals surface area contributed by atoms with Crippen LogP contribution in [0.4, 0.5) is 0 Å². The minimum atomic E-state index is -2.17. The second-order valence-electron chi connectivity index (χ2n) is 3.99. The molecule has 0 aromatic heterocycles. The van der Waals surface area contributed by atoms with Gasteiger partial charge < -0.3 is 35.5 Å². The molecule has 0 spiro atoms. The van der Waals surface area contributed by atoms with Crippen molar-refractivity contribution in [2.75, 3.05) is 0 Å². The van der Waals surface area contributed by atoms with Crippen LogP contribution in [0.1, 0.15) is 20.7 Å². The van der Waals surface area contributed by atoms with Crippen LogP contribution in [0, 0.1) is 0 Å². The van der Waals surface area contributed by atoms with Crippen LogP contribution >= 0.6 is 0 Å². The van der Waals surface area contributed by atoms with Crippen molar-refractivity contribution in [1.29, 1.82) is 0 Å². The van der Waals surface area contributed by atoms with Gasteiger partial charge in [0.1, 0.15) is 22.6 Å². The fourth-order valence-corrected chi connectivity index (χ4v) is 1.31. The molecule has 0 heterocycles. The first-order valence-corrected chi connectivity index (χ1v) is 6.23. The van der Waals surface area contributed by atoms with E-state index in [0.29, 0.717) is 0 Å². The van der Waals surface area contributed by atoms with E-state index in [1.807, 2.05) is 0 Å². The van der Waals surface area contributed by atoms with E-state index in [4.69, 9.17) is 35.5 Å². The monoisotopic (exact) mass is 346 g/mol. The molecule has 0 fully saturated rings. The van der Waals surface area contributed by atoms with Gasteiger partial charge in [0.05, 0.1) is 0 Å². The van der Waals surface area contributed by atoms with E-state index in [0.717, 1.165) is 0 Å². The van der Waals surface area contributed by atoms with Gasteiger partial charge in [-0.3, -0.25) is 0 Å². The Kier molecular flexibility index (Phi) is 12.8. The zero-order valence-electron chi connectivity index (χ0n) is 12.1. The first-order chi connectivity index (χ1) is 11.2. The number of carboxylic acid groups (broad SMARTS) is 2. The van der Waals surface area contributed by atoms with Gasteiger partial charge >= 0.3 is 38.1 Å². The average molecular weight is 346 g/mol. The number of aromatic carboxylic acids is 2. The number of aromatic hydroxyl groups is 2. The van der Waals surface area contributed by atoms with Crippen LogP contribution in [-0.4, -0.2) is 73.6 Å². The Morgan fingerprint density at radius 2 is 0.920 bits per heavy atom. The first-order valence-electron chi connectivity index (χ1n) is 6.23. The van der Waals surface area contributed by atoms with Gasteiger partial charge in [0.2, 0.25) is 0 Å². The van der Waals surface area contributed by atoms with Gasteiger partial charge in [0.15, 0.2) is 0 Å². The third-order valence-corrected chi connectivity index (χ3v) is 2.27. The molecule has 9 nitrogen and oxygen atoms in total. The Labute approximate surface area is 154 Å². The number of carbonyl (C=O) groups is 2. The molecule has 25 heavy (non-hydrogen) atoms. The molecular weight excluding hydrogens is 330 g/mol. The van der Waals surface area contributed by atoms with Crippen LogP contribution in [0.2, 0.25) is 0 Å². The molecular formula is C14H16BLiO9. The van der Waals surface area contributed by atoms with Crippen LogP contribution in [0.15, 0.2) is 48.5 Å². The van der Waals surface area contributed by atoms with E-state index in [2.05, 4.69) is 0 Å². The summed E-state index contributed by atoms with van der Waals surface area (Å²) in [6, 6.07) is 11.6. The normalized spacial score (nSPS) is 8.44. The van der Waals surface area contributed by atoms with Crippen molar-refractivity contribution < 1.29 is 45.1 Å². The summed E-state index contributed by atoms with van der Waals surface area (Å²) in [6.45, 7) is 0. The Morgan fingerprint density at radius 3 is 1.08 bits per heavy atom. The summed E-state index contributed by atoms with van der Waals surface area (Å²) in [4.78, 5) is 20.5. The SMILES string of the molecule is O=C(O)c1ccccc1O.O=C(O)c1ccccc1O.OB(O)O.[LiH]. The summed E-state index contributed by atoms with van der Waals surface area (Å²) < 4.78 is 0. The summed E-state index contributed by atoms with van der Waals surface area (Å²) >= 11 is 0. The number of para-hydroxylation sites is 2. The molecule has 0 saturated heterocycles. The predicted molar refractivity (Wildman–Crippen MR) is 89.7 cm³/mol. The van der Waals surface area contributed by atoms with Crippen molar-refractivity contribution in [3.8, 4) is 11.5 Å². The van der Waals surface area contributed by atoms with Crippen molar-refractivity contribution in [3.63, 3.8) is 0 Å². The van der Waals surface area contributed by atoms with Crippen LogP contribution < -0.4 is 0 Å². The summed E-state index contributed by atoms with van der Waals surface area (Å²) in [7, 11) is -2.17. The molecule has 2 aromatic rings. The molecule has 0 unspecified atom stereocenters. The van der Waals surface area contributed by atoms with Gasteiger partial charge in [-0.05, 0) is 24.3 Å². The maximum absolute atomic E-state index is 10.3. The Morgan fingerprint density at radius 1 is 0.680 bits per heavy atom. The number of phenols is 2. The van der Waals surface area contributed by atoms with Crippen LogP contribution in [-0.2, 0) is 0 Å². The maximum atomic E-state index is 10.3.